The lowest BCUT2D eigenvalue weighted by molar-refractivity contribution is 0.198. The molecule has 0 amide bonds. The Balaban J connectivity index is 2.59. The van der Waals surface area contributed by atoms with Crippen molar-refractivity contribution >= 4 is 21.6 Å². The van der Waals surface area contributed by atoms with Crippen molar-refractivity contribution in [2.45, 2.75) is 6.42 Å². The first-order valence-electron chi connectivity index (χ1n) is 4.70. The van der Waals surface area contributed by atoms with Crippen LogP contribution in [0.4, 0.5) is 5.69 Å². The smallest absolute Gasteiger partial charge is 0.101 e. The van der Waals surface area contributed by atoms with Crippen LogP contribution in [0.1, 0.15) is 12.0 Å². The van der Waals surface area contributed by atoms with Gasteiger partial charge in [-0.05, 0) is 24.6 Å². The van der Waals surface area contributed by atoms with Gasteiger partial charge in [-0.2, -0.15) is 5.26 Å². The highest BCUT2D eigenvalue weighted by molar-refractivity contribution is 9.10. The molecule has 80 valence electrons. The first kappa shape index (κ1) is 12.0. The molecule has 1 aromatic rings. The first-order valence-corrected chi connectivity index (χ1v) is 5.49. The molecule has 0 saturated carbocycles. The van der Waals surface area contributed by atoms with E-state index in [4.69, 9.17) is 10.00 Å². The summed E-state index contributed by atoms with van der Waals surface area (Å²) in [6, 6.07) is 7.71. The van der Waals surface area contributed by atoms with E-state index in [-0.39, 0.29) is 0 Å². The molecule has 1 N–H and O–H groups in total. The van der Waals surface area contributed by atoms with Crippen LogP contribution in [0.3, 0.4) is 0 Å². The summed E-state index contributed by atoms with van der Waals surface area (Å²) >= 11 is 3.37. The summed E-state index contributed by atoms with van der Waals surface area (Å²) in [6.45, 7) is 1.53. The predicted octanol–water partition coefficient (Wildman–Crippen LogP) is 2.77. The van der Waals surface area contributed by atoms with Crippen LogP contribution in [-0.2, 0) is 4.74 Å². The number of nitriles is 1. The van der Waals surface area contributed by atoms with Crippen molar-refractivity contribution < 1.29 is 4.74 Å². The summed E-state index contributed by atoms with van der Waals surface area (Å²) in [7, 11) is 1.68. The zero-order valence-electron chi connectivity index (χ0n) is 8.59. The maximum Gasteiger partial charge on any atom is 0.101 e. The second-order valence-electron chi connectivity index (χ2n) is 3.07. The lowest BCUT2D eigenvalue weighted by Gasteiger charge is -2.08. The Morgan fingerprint density at radius 2 is 2.33 bits per heavy atom. The van der Waals surface area contributed by atoms with Gasteiger partial charge in [0.25, 0.3) is 0 Å². The van der Waals surface area contributed by atoms with Crippen LogP contribution in [0.25, 0.3) is 0 Å². The number of hydrogen-bond donors (Lipinski definition) is 1. The zero-order valence-corrected chi connectivity index (χ0v) is 10.2. The first-order chi connectivity index (χ1) is 7.27. The highest BCUT2D eigenvalue weighted by Crippen LogP contribution is 2.20. The minimum absolute atomic E-state index is 0.663. The van der Waals surface area contributed by atoms with Crippen molar-refractivity contribution in [2.24, 2.45) is 0 Å². The number of anilines is 1. The standard InChI is InChI=1S/C11H13BrN2O/c1-15-6-2-5-14-11-7-10(12)4-3-9(11)8-13/h3-4,7,14H,2,5-6H2,1H3. The van der Waals surface area contributed by atoms with E-state index in [1.54, 1.807) is 13.2 Å². The van der Waals surface area contributed by atoms with E-state index in [0.717, 1.165) is 29.7 Å². The molecule has 1 rings (SSSR count). The molecule has 0 spiro atoms. The van der Waals surface area contributed by atoms with E-state index in [2.05, 4.69) is 27.3 Å². The molecule has 3 nitrogen and oxygen atoms in total. The Kier molecular flexibility index (Phi) is 5.16. The summed E-state index contributed by atoms with van der Waals surface area (Å²) in [5.41, 5.74) is 1.53. The third kappa shape index (κ3) is 3.90. The Labute approximate surface area is 98.2 Å². The van der Waals surface area contributed by atoms with Gasteiger partial charge in [0.15, 0.2) is 0 Å². The van der Waals surface area contributed by atoms with Gasteiger partial charge in [0, 0.05) is 24.7 Å². The number of hydrogen-bond acceptors (Lipinski definition) is 3. The molecule has 0 atom stereocenters. The van der Waals surface area contributed by atoms with Crippen molar-refractivity contribution in [1.29, 1.82) is 5.26 Å². The highest BCUT2D eigenvalue weighted by atomic mass is 79.9. The number of nitrogens with one attached hydrogen (secondary N) is 1. The predicted molar refractivity (Wildman–Crippen MR) is 63.8 cm³/mol. The van der Waals surface area contributed by atoms with Gasteiger partial charge < -0.3 is 10.1 Å². The van der Waals surface area contributed by atoms with Crippen LogP contribution in [-0.4, -0.2) is 20.3 Å². The molecular formula is C11H13BrN2O. The molecular weight excluding hydrogens is 256 g/mol. The fourth-order valence-electron chi connectivity index (χ4n) is 1.20. The Morgan fingerprint density at radius 3 is 3.00 bits per heavy atom. The zero-order chi connectivity index (χ0) is 11.1. The molecule has 0 aliphatic carbocycles. The maximum absolute atomic E-state index is 8.88. The van der Waals surface area contributed by atoms with Crippen LogP contribution < -0.4 is 5.32 Å². The summed E-state index contributed by atoms with van der Waals surface area (Å²) in [6.07, 6.45) is 0.924. The van der Waals surface area contributed by atoms with E-state index in [1.165, 1.54) is 0 Å². The van der Waals surface area contributed by atoms with E-state index in [1.807, 2.05) is 12.1 Å². The number of halogens is 1. The molecule has 0 bridgehead atoms. The van der Waals surface area contributed by atoms with Gasteiger partial charge >= 0.3 is 0 Å². The molecule has 1 aromatic carbocycles. The Hall–Kier alpha value is -1.05. The van der Waals surface area contributed by atoms with Crippen LogP contribution in [0.15, 0.2) is 22.7 Å². The van der Waals surface area contributed by atoms with Crippen molar-refractivity contribution in [1.82, 2.24) is 0 Å². The number of benzene rings is 1. The molecule has 0 saturated heterocycles. The summed E-state index contributed by atoms with van der Waals surface area (Å²) in [5, 5.41) is 12.1. The van der Waals surface area contributed by atoms with Gasteiger partial charge in [-0.25, -0.2) is 0 Å². The molecule has 4 heteroatoms. The summed E-state index contributed by atoms with van der Waals surface area (Å²) in [5.74, 6) is 0. The summed E-state index contributed by atoms with van der Waals surface area (Å²) < 4.78 is 5.91. The summed E-state index contributed by atoms with van der Waals surface area (Å²) in [4.78, 5) is 0. The fraction of sp³-hybridized carbons (Fsp3) is 0.364. The second-order valence-corrected chi connectivity index (χ2v) is 3.99. The average Bonchev–Trinajstić information content (AvgIpc) is 2.25. The van der Waals surface area contributed by atoms with Gasteiger partial charge in [-0.1, -0.05) is 15.9 Å². The minimum atomic E-state index is 0.663. The normalized spacial score (nSPS) is 9.67. The lowest BCUT2D eigenvalue weighted by Crippen LogP contribution is -2.05. The maximum atomic E-state index is 8.88. The van der Waals surface area contributed by atoms with E-state index < -0.39 is 0 Å². The van der Waals surface area contributed by atoms with Gasteiger partial charge in [0.1, 0.15) is 6.07 Å². The molecule has 0 fully saturated rings. The Morgan fingerprint density at radius 1 is 1.53 bits per heavy atom. The molecule has 0 aliphatic rings. The molecule has 0 aliphatic heterocycles. The second kappa shape index (κ2) is 6.44. The molecule has 15 heavy (non-hydrogen) atoms. The topological polar surface area (TPSA) is 45.0 Å². The van der Waals surface area contributed by atoms with Gasteiger partial charge in [-0.3, -0.25) is 0 Å². The highest BCUT2D eigenvalue weighted by Gasteiger charge is 2.01. The number of ether oxygens (including phenoxy) is 1. The third-order valence-electron chi connectivity index (χ3n) is 1.94. The third-order valence-corrected chi connectivity index (χ3v) is 2.44. The largest absolute Gasteiger partial charge is 0.385 e. The monoisotopic (exact) mass is 268 g/mol. The number of rotatable bonds is 5. The van der Waals surface area contributed by atoms with Gasteiger partial charge in [0.05, 0.1) is 11.3 Å². The lowest BCUT2D eigenvalue weighted by atomic mass is 10.2. The van der Waals surface area contributed by atoms with Crippen molar-refractivity contribution in [3.8, 4) is 6.07 Å². The molecule has 0 unspecified atom stereocenters. The Bertz CT molecular complexity index is 360. The SMILES string of the molecule is COCCCNc1cc(Br)ccc1C#N. The molecule has 0 aromatic heterocycles. The molecule has 0 heterocycles. The number of nitrogens with zero attached hydrogens (tertiary/aromatic N) is 1. The van der Waals surface area contributed by atoms with Crippen LogP contribution in [0.5, 0.6) is 0 Å². The van der Waals surface area contributed by atoms with Crippen LogP contribution in [0.2, 0.25) is 0 Å². The fourth-order valence-corrected chi connectivity index (χ4v) is 1.56. The van der Waals surface area contributed by atoms with Gasteiger partial charge in [-0.15, -0.1) is 0 Å². The number of methoxy groups -OCH3 is 1. The van der Waals surface area contributed by atoms with Crippen molar-refractivity contribution in [2.75, 3.05) is 25.6 Å². The van der Waals surface area contributed by atoms with E-state index in [9.17, 15) is 0 Å². The van der Waals surface area contributed by atoms with Crippen molar-refractivity contribution in [3.05, 3.63) is 28.2 Å². The van der Waals surface area contributed by atoms with Crippen LogP contribution in [0, 0.1) is 11.3 Å². The average molecular weight is 269 g/mol. The quantitative estimate of drug-likeness (QED) is 0.836. The van der Waals surface area contributed by atoms with Gasteiger partial charge in [0.2, 0.25) is 0 Å². The van der Waals surface area contributed by atoms with E-state index >= 15 is 0 Å². The minimum Gasteiger partial charge on any atom is -0.385 e. The van der Waals surface area contributed by atoms with Crippen molar-refractivity contribution in [3.63, 3.8) is 0 Å². The van der Waals surface area contributed by atoms with Crippen LogP contribution >= 0.6 is 15.9 Å². The molecule has 0 radical (unpaired) electrons. The van der Waals surface area contributed by atoms with E-state index in [0.29, 0.717) is 5.56 Å².